The number of thiophene rings is 1. The summed E-state index contributed by atoms with van der Waals surface area (Å²) in [6, 6.07) is 5.93. The highest BCUT2D eigenvalue weighted by atomic mass is 32.1. The SMILES string of the molecule is C[C@@H](O)c1ccc(C2(CNC(=O)/C=C/c3ccoc3)CCCC2)s1. The lowest BCUT2D eigenvalue weighted by atomic mass is 9.84. The summed E-state index contributed by atoms with van der Waals surface area (Å²) in [4.78, 5) is 14.4. The van der Waals surface area contributed by atoms with Crippen LogP contribution >= 0.6 is 11.3 Å². The van der Waals surface area contributed by atoms with Crippen molar-refractivity contribution in [3.8, 4) is 0 Å². The molecule has 5 heteroatoms. The van der Waals surface area contributed by atoms with E-state index in [0.717, 1.165) is 23.3 Å². The molecule has 1 aliphatic carbocycles. The summed E-state index contributed by atoms with van der Waals surface area (Å²) >= 11 is 1.67. The first-order chi connectivity index (χ1) is 11.6. The average Bonchev–Trinajstić information content (AvgIpc) is 3.32. The van der Waals surface area contributed by atoms with Gasteiger partial charge in [-0.05, 0) is 44.0 Å². The summed E-state index contributed by atoms with van der Waals surface area (Å²) in [5, 5.41) is 12.8. The maximum atomic E-state index is 12.1. The van der Waals surface area contributed by atoms with Crippen LogP contribution in [0.2, 0.25) is 0 Å². The molecule has 0 saturated heterocycles. The van der Waals surface area contributed by atoms with Gasteiger partial charge in [-0.3, -0.25) is 4.79 Å². The second-order valence-corrected chi connectivity index (χ2v) is 7.59. The quantitative estimate of drug-likeness (QED) is 0.777. The Morgan fingerprint density at radius 1 is 1.42 bits per heavy atom. The van der Waals surface area contributed by atoms with Gasteiger partial charge in [-0.25, -0.2) is 0 Å². The van der Waals surface area contributed by atoms with Crippen LogP contribution in [0, 0.1) is 0 Å². The third-order valence-corrected chi connectivity index (χ3v) is 6.20. The molecule has 1 amide bonds. The maximum Gasteiger partial charge on any atom is 0.244 e. The Labute approximate surface area is 146 Å². The molecule has 24 heavy (non-hydrogen) atoms. The van der Waals surface area contributed by atoms with Crippen molar-refractivity contribution in [2.45, 2.75) is 44.1 Å². The van der Waals surface area contributed by atoms with E-state index in [9.17, 15) is 9.90 Å². The van der Waals surface area contributed by atoms with Gasteiger partial charge in [-0.15, -0.1) is 11.3 Å². The molecular weight excluding hydrogens is 322 g/mol. The Kier molecular flexibility index (Phi) is 5.21. The molecule has 2 aromatic heterocycles. The van der Waals surface area contributed by atoms with Gasteiger partial charge in [0.25, 0.3) is 0 Å². The number of hydrogen-bond donors (Lipinski definition) is 2. The third kappa shape index (κ3) is 3.79. The van der Waals surface area contributed by atoms with Gasteiger partial charge in [0, 0.05) is 33.4 Å². The van der Waals surface area contributed by atoms with Gasteiger partial charge >= 0.3 is 0 Å². The second-order valence-electron chi connectivity index (χ2n) is 6.47. The Balaban J connectivity index is 1.66. The standard InChI is InChI=1S/C19H23NO3S/c1-14(21)16-5-6-17(24-16)19(9-2-3-10-19)13-20-18(22)7-4-15-8-11-23-12-15/h4-8,11-12,14,21H,2-3,9-10,13H2,1H3,(H,20,22)/b7-4+/t14-/m1/s1. The van der Waals surface area contributed by atoms with Crippen LogP contribution in [0.3, 0.4) is 0 Å². The number of furan rings is 1. The Morgan fingerprint density at radius 2 is 2.21 bits per heavy atom. The number of aliphatic hydroxyl groups excluding tert-OH is 1. The van der Waals surface area contributed by atoms with Crippen LogP contribution in [0.25, 0.3) is 6.08 Å². The van der Waals surface area contributed by atoms with E-state index in [1.165, 1.54) is 17.7 Å². The monoisotopic (exact) mass is 345 g/mol. The van der Waals surface area contributed by atoms with E-state index >= 15 is 0 Å². The largest absolute Gasteiger partial charge is 0.472 e. The van der Waals surface area contributed by atoms with E-state index < -0.39 is 6.10 Å². The van der Waals surface area contributed by atoms with E-state index in [4.69, 9.17) is 4.42 Å². The molecule has 0 bridgehead atoms. The van der Waals surface area contributed by atoms with Crippen LogP contribution in [-0.2, 0) is 10.2 Å². The molecule has 128 valence electrons. The number of nitrogens with one attached hydrogen (secondary N) is 1. The van der Waals surface area contributed by atoms with Gasteiger partial charge in [-0.2, -0.15) is 0 Å². The molecule has 0 unspecified atom stereocenters. The lowest BCUT2D eigenvalue weighted by Gasteiger charge is -2.28. The van der Waals surface area contributed by atoms with Crippen molar-refractivity contribution in [2.75, 3.05) is 6.54 Å². The molecule has 2 aromatic rings. The van der Waals surface area contributed by atoms with Crippen LogP contribution in [0.1, 0.15) is 54.0 Å². The molecule has 0 radical (unpaired) electrons. The average molecular weight is 345 g/mol. The maximum absolute atomic E-state index is 12.1. The number of rotatable bonds is 6. The van der Waals surface area contributed by atoms with Crippen LogP contribution in [0.15, 0.2) is 41.2 Å². The second kappa shape index (κ2) is 7.36. The van der Waals surface area contributed by atoms with Crippen molar-refractivity contribution < 1.29 is 14.3 Å². The Bertz CT molecular complexity index is 694. The topological polar surface area (TPSA) is 62.5 Å². The molecule has 3 rings (SSSR count). The van der Waals surface area contributed by atoms with Crippen molar-refractivity contribution >= 4 is 23.3 Å². The molecule has 0 aromatic carbocycles. The van der Waals surface area contributed by atoms with E-state index in [2.05, 4.69) is 11.4 Å². The lowest BCUT2D eigenvalue weighted by molar-refractivity contribution is -0.116. The summed E-state index contributed by atoms with van der Waals surface area (Å²) in [7, 11) is 0. The molecule has 0 spiro atoms. The third-order valence-electron chi connectivity index (χ3n) is 4.69. The van der Waals surface area contributed by atoms with Crippen LogP contribution in [0.5, 0.6) is 0 Å². The highest BCUT2D eigenvalue weighted by Gasteiger charge is 2.37. The zero-order chi connectivity index (χ0) is 17.0. The number of carbonyl (C=O) groups excluding carboxylic acids is 1. The molecular formula is C19H23NO3S. The van der Waals surface area contributed by atoms with Crippen molar-refractivity contribution in [1.29, 1.82) is 0 Å². The highest BCUT2D eigenvalue weighted by Crippen LogP contribution is 2.44. The van der Waals surface area contributed by atoms with E-state index in [1.807, 2.05) is 12.1 Å². The number of amides is 1. The van der Waals surface area contributed by atoms with E-state index in [0.29, 0.717) is 6.54 Å². The predicted molar refractivity (Wildman–Crippen MR) is 95.9 cm³/mol. The van der Waals surface area contributed by atoms with Crippen molar-refractivity contribution in [2.24, 2.45) is 0 Å². The number of aliphatic hydroxyl groups is 1. The van der Waals surface area contributed by atoms with Gasteiger partial charge in [0.15, 0.2) is 0 Å². The fourth-order valence-electron chi connectivity index (χ4n) is 3.28. The molecule has 1 atom stereocenters. The predicted octanol–water partition coefficient (Wildman–Crippen LogP) is 4.04. The first-order valence-electron chi connectivity index (χ1n) is 8.35. The minimum absolute atomic E-state index is 0.0109. The molecule has 0 aliphatic heterocycles. The van der Waals surface area contributed by atoms with Crippen LogP contribution in [-0.4, -0.2) is 17.6 Å². The highest BCUT2D eigenvalue weighted by molar-refractivity contribution is 7.12. The zero-order valence-electron chi connectivity index (χ0n) is 13.8. The fourth-order valence-corrected chi connectivity index (χ4v) is 4.47. The van der Waals surface area contributed by atoms with Crippen molar-refractivity contribution in [3.05, 3.63) is 52.1 Å². The molecule has 1 fully saturated rings. The molecule has 4 nitrogen and oxygen atoms in total. The van der Waals surface area contributed by atoms with Gasteiger partial charge in [-0.1, -0.05) is 12.8 Å². The Morgan fingerprint density at radius 3 is 2.83 bits per heavy atom. The molecule has 2 heterocycles. The lowest BCUT2D eigenvalue weighted by Crippen LogP contribution is -2.37. The fraction of sp³-hybridized carbons (Fsp3) is 0.421. The summed E-state index contributed by atoms with van der Waals surface area (Å²) in [6.45, 7) is 2.43. The summed E-state index contributed by atoms with van der Waals surface area (Å²) < 4.78 is 4.98. The van der Waals surface area contributed by atoms with E-state index in [-0.39, 0.29) is 11.3 Å². The minimum Gasteiger partial charge on any atom is -0.472 e. The zero-order valence-corrected chi connectivity index (χ0v) is 14.6. The summed E-state index contributed by atoms with van der Waals surface area (Å²) in [6.07, 6.45) is 10.6. The van der Waals surface area contributed by atoms with E-state index in [1.54, 1.807) is 42.9 Å². The molecule has 2 N–H and O–H groups in total. The normalized spacial score (nSPS) is 18.1. The first kappa shape index (κ1) is 17.0. The van der Waals surface area contributed by atoms with Gasteiger partial charge in [0.1, 0.15) is 0 Å². The van der Waals surface area contributed by atoms with Gasteiger partial charge in [0.2, 0.25) is 5.91 Å². The van der Waals surface area contributed by atoms with Gasteiger partial charge in [0.05, 0.1) is 18.6 Å². The Hall–Kier alpha value is -1.85. The molecule has 1 aliphatic rings. The van der Waals surface area contributed by atoms with Gasteiger partial charge < -0.3 is 14.8 Å². The van der Waals surface area contributed by atoms with Crippen LogP contribution < -0.4 is 5.32 Å². The van der Waals surface area contributed by atoms with Crippen molar-refractivity contribution in [1.82, 2.24) is 5.32 Å². The number of hydrogen-bond acceptors (Lipinski definition) is 4. The van der Waals surface area contributed by atoms with Crippen LogP contribution in [0.4, 0.5) is 0 Å². The summed E-state index contributed by atoms with van der Waals surface area (Å²) in [5.74, 6) is -0.0882. The first-order valence-corrected chi connectivity index (χ1v) is 9.17. The van der Waals surface area contributed by atoms with Crippen molar-refractivity contribution in [3.63, 3.8) is 0 Å². The number of carbonyl (C=O) groups is 1. The smallest absolute Gasteiger partial charge is 0.244 e. The minimum atomic E-state index is -0.435. The molecule has 1 saturated carbocycles. The summed E-state index contributed by atoms with van der Waals surface area (Å²) in [5.41, 5.74) is 0.886.